The number of benzene rings is 1. The third-order valence-corrected chi connectivity index (χ3v) is 3.68. The first-order valence-corrected chi connectivity index (χ1v) is 5.94. The number of fused-ring (bicyclic) bond motifs is 1. The molecule has 0 N–H and O–H groups in total. The molecule has 2 aliphatic rings. The minimum atomic E-state index is -1.04. The Bertz CT molecular complexity index is 586. The molecule has 2 atom stereocenters. The number of nitrogens with zero attached hydrogens (tertiary/aromatic N) is 3. The van der Waals surface area contributed by atoms with Gasteiger partial charge < -0.3 is 0 Å². The Balaban J connectivity index is 2.07. The largest absolute Gasteiger partial charge is 0.274 e. The Morgan fingerprint density at radius 2 is 2.22 bits per heavy atom. The van der Waals surface area contributed by atoms with Crippen LogP contribution < -0.4 is 4.90 Å². The van der Waals surface area contributed by atoms with Crippen LogP contribution in [0.15, 0.2) is 34.5 Å². The third kappa shape index (κ3) is 1.34. The summed E-state index contributed by atoms with van der Waals surface area (Å²) in [5.41, 5.74) is -0.553. The average molecular weight is 264 g/mol. The molecule has 0 saturated carbocycles. The van der Waals surface area contributed by atoms with Crippen molar-refractivity contribution in [1.82, 2.24) is 0 Å². The van der Waals surface area contributed by atoms with Crippen molar-refractivity contribution in [2.75, 3.05) is 11.4 Å². The molecule has 92 valence electrons. The molecule has 2 heterocycles. The van der Waals surface area contributed by atoms with Gasteiger partial charge in [-0.3, -0.25) is 9.59 Å². The number of amides is 2. The fourth-order valence-electron chi connectivity index (χ4n) is 2.37. The zero-order chi connectivity index (χ0) is 12.9. The molecule has 0 aromatic heterocycles. The Morgan fingerprint density at radius 1 is 1.44 bits per heavy atom. The molecule has 5 nitrogen and oxygen atoms in total. The Kier molecular flexibility index (Phi) is 2.28. The summed E-state index contributed by atoms with van der Waals surface area (Å²) in [4.78, 5) is 25.8. The molecule has 0 radical (unpaired) electrons. The molecule has 18 heavy (non-hydrogen) atoms. The van der Waals surface area contributed by atoms with Crippen LogP contribution in [0.25, 0.3) is 0 Å². The van der Waals surface area contributed by atoms with Crippen molar-refractivity contribution in [3.8, 4) is 0 Å². The number of halogens is 1. The van der Waals surface area contributed by atoms with E-state index >= 15 is 0 Å². The SMILES string of the molecule is CC12N=NCC1C(=O)N(c1cccc(Cl)c1)C2=O. The summed E-state index contributed by atoms with van der Waals surface area (Å²) >= 11 is 5.88. The van der Waals surface area contributed by atoms with E-state index in [1.807, 2.05) is 0 Å². The van der Waals surface area contributed by atoms with Crippen molar-refractivity contribution < 1.29 is 9.59 Å². The van der Waals surface area contributed by atoms with Crippen LogP contribution in [0, 0.1) is 5.92 Å². The van der Waals surface area contributed by atoms with Crippen LogP contribution in [-0.2, 0) is 9.59 Å². The highest BCUT2D eigenvalue weighted by atomic mass is 35.5. The predicted octanol–water partition coefficient (Wildman–Crippen LogP) is 2.05. The van der Waals surface area contributed by atoms with Gasteiger partial charge in [0.05, 0.1) is 18.2 Å². The Hall–Kier alpha value is -1.75. The molecule has 3 rings (SSSR count). The summed E-state index contributed by atoms with van der Waals surface area (Å²) in [6.45, 7) is 1.93. The number of hydrogen-bond acceptors (Lipinski definition) is 4. The maximum absolute atomic E-state index is 12.3. The van der Waals surface area contributed by atoms with Crippen LogP contribution >= 0.6 is 11.6 Å². The lowest BCUT2D eigenvalue weighted by Crippen LogP contribution is -2.37. The van der Waals surface area contributed by atoms with Gasteiger partial charge in [0, 0.05) is 5.02 Å². The lowest BCUT2D eigenvalue weighted by molar-refractivity contribution is -0.122. The van der Waals surface area contributed by atoms with E-state index < -0.39 is 11.5 Å². The van der Waals surface area contributed by atoms with Gasteiger partial charge >= 0.3 is 0 Å². The first-order chi connectivity index (χ1) is 8.54. The summed E-state index contributed by atoms with van der Waals surface area (Å²) in [7, 11) is 0. The summed E-state index contributed by atoms with van der Waals surface area (Å²) in [5.74, 6) is -1.07. The van der Waals surface area contributed by atoms with Crippen LogP contribution in [0.1, 0.15) is 6.92 Å². The van der Waals surface area contributed by atoms with Gasteiger partial charge in [-0.05, 0) is 25.1 Å². The number of carbonyl (C=O) groups is 2. The van der Waals surface area contributed by atoms with Gasteiger partial charge in [0.25, 0.3) is 5.91 Å². The predicted molar refractivity (Wildman–Crippen MR) is 65.6 cm³/mol. The molecule has 1 fully saturated rings. The van der Waals surface area contributed by atoms with E-state index in [9.17, 15) is 9.59 Å². The van der Waals surface area contributed by atoms with Gasteiger partial charge in [0.1, 0.15) is 0 Å². The number of anilines is 1. The molecule has 6 heteroatoms. The molecule has 0 spiro atoms. The van der Waals surface area contributed by atoms with Crippen LogP contribution in [0.3, 0.4) is 0 Å². The zero-order valence-electron chi connectivity index (χ0n) is 9.63. The minimum absolute atomic E-state index is 0.255. The van der Waals surface area contributed by atoms with Crippen LogP contribution in [0.5, 0.6) is 0 Å². The average Bonchev–Trinajstić information content (AvgIpc) is 2.79. The van der Waals surface area contributed by atoms with E-state index in [2.05, 4.69) is 10.2 Å². The van der Waals surface area contributed by atoms with Crippen molar-refractivity contribution in [2.45, 2.75) is 12.5 Å². The number of carbonyl (C=O) groups excluding carboxylic acids is 2. The Labute approximate surface area is 108 Å². The van der Waals surface area contributed by atoms with Gasteiger partial charge in [-0.1, -0.05) is 17.7 Å². The summed E-state index contributed by atoms with van der Waals surface area (Å²) in [6, 6.07) is 6.68. The lowest BCUT2D eigenvalue weighted by atomic mass is 9.90. The second kappa shape index (κ2) is 3.62. The second-order valence-electron chi connectivity index (χ2n) is 4.58. The van der Waals surface area contributed by atoms with Crippen molar-refractivity contribution >= 4 is 29.1 Å². The van der Waals surface area contributed by atoms with Gasteiger partial charge in [0.15, 0.2) is 5.54 Å². The maximum atomic E-state index is 12.3. The van der Waals surface area contributed by atoms with E-state index in [-0.39, 0.29) is 18.4 Å². The van der Waals surface area contributed by atoms with Gasteiger partial charge in [-0.25, -0.2) is 4.90 Å². The topological polar surface area (TPSA) is 62.1 Å². The van der Waals surface area contributed by atoms with E-state index in [1.54, 1.807) is 31.2 Å². The molecular weight excluding hydrogens is 254 g/mol. The zero-order valence-corrected chi connectivity index (χ0v) is 10.4. The maximum Gasteiger partial charge on any atom is 0.264 e. The van der Waals surface area contributed by atoms with Crippen molar-refractivity contribution in [3.63, 3.8) is 0 Å². The number of imide groups is 1. The Morgan fingerprint density at radius 3 is 2.89 bits per heavy atom. The van der Waals surface area contributed by atoms with Gasteiger partial charge in [-0.2, -0.15) is 10.2 Å². The lowest BCUT2D eigenvalue weighted by Gasteiger charge is -2.16. The number of azo groups is 1. The molecule has 1 aromatic carbocycles. The van der Waals surface area contributed by atoms with Crippen LogP contribution in [-0.4, -0.2) is 23.9 Å². The van der Waals surface area contributed by atoms with E-state index in [1.165, 1.54) is 0 Å². The number of rotatable bonds is 1. The van der Waals surface area contributed by atoms with Gasteiger partial charge in [0.2, 0.25) is 5.91 Å². The normalized spacial score (nSPS) is 30.1. The molecule has 0 bridgehead atoms. The first kappa shape index (κ1) is 11.3. The second-order valence-corrected chi connectivity index (χ2v) is 5.02. The van der Waals surface area contributed by atoms with Crippen LogP contribution in [0.2, 0.25) is 5.02 Å². The molecule has 1 saturated heterocycles. The molecule has 2 amide bonds. The molecular formula is C12H10ClN3O2. The fraction of sp³-hybridized carbons (Fsp3) is 0.333. The molecule has 2 unspecified atom stereocenters. The highest BCUT2D eigenvalue weighted by molar-refractivity contribution is 6.31. The van der Waals surface area contributed by atoms with E-state index in [4.69, 9.17) is 11.6 Å². The fourth-order valence-corrected chi connectivity index (χ4v) is 2.55. The standard InChI is InChI=1S/C12H10ClN3O2/c1-12-9(6-14-15-12)10(17)16(11(12)18)8-4-2-3-7(13)5-8/h2-5,9H,6H2,1H3. The summed E-state index contributed by atoms with van der Waals surface area (Å²) < 4.78 is 0. The molecule has 2 aliphatic heterocycles. The number of hydrogen-bond donors (Lipinski definition) is 0. The quantitative estimate of drug-likeness (QED) is 0.728. The smallest absolute Gasteiger partial charge is 0.264 e. The highest BCUT2D eigenvalue weighted by Crippen LogP contribution is 2.40. The molecule has 1 aromatic rings. The monoisotopic (exact) mass is 263 g/mol. The van der Waals surface area contributed by atoms with Crippen molar-refractivity contribution in [1.29, 1.82) is 0 Å². The molecule has 0 aliphatic carbocycles. The van der Waals surface area contributed by atoms with E-state index in [0.29, 0.717) is 10.7 Å². The third-order valence-electron chi connectivity index (χ3n) is 3.44. The minimum Gasteiger partial charge on any atom is -0.274 e. The van der Waals surface area contributed by atoms with Crippen molar-refractivity contribution in [3.05, 3.63) is 29.3 Å². The summed E-state index contributed by atoms with van der Waals surface area (Å²) in [5, 5.41) is 8.24. The van der Waals surface area contributed by atoms with Crippen LogP contribution in [0.4, 0.5) is 5.69 Å². The van der Waals surface area contributed by atoms with E-state index in [0.717, 1.165) is 4.90 Å². The highest BCUT2D eigenvalue weighted by Gasteiger charge is 2.59. The van der Waals surface area contributed by atoms with Gasteiger partial charge in [-0.15, -0.1) is 0 Å². The summed E-state index contributed by atoms with van der Waals surface area (Å²) in [6.07, 6.45) is 0. The van der Waals surface area contributed by atoms with Crippen molar-refractivity contribution in [2.24, 2.45) is 16.1 Å². The first-order valence-electron chi connectivity index (χ1n) is 5.56.